The second-order valence-corrected chi connectivity index (χ2v) is 9.70. The highest BCUT2D eigenvalue weighted by molar-refractivity contribution is 8.00. The van der Waals surface area contributed by atoms with E-state index in [9.17, 15) is 9.90 Å². The van der Waals surface area contributed by atoms with Gasteiger partial charge in [0, 0.05) is 34.5 Å². The molecule has 37 heavy (non-hydrogen) atoms. The number of nitrogens with one attached hydrogen (secondary N) is 1. The van der Waals surface area contributed by atoms with Crippen molar-refractivity contribution in [1.29, 1.82) is 0 Å². The number of hydrogen-bond acceptors (Lipinski definition) is 8. The summed E-state index contributed by atoms with van der Waals surface area (Å²) < 4.78 is 11.8. The molecule has 0 aliphatic carbocycles. The van der Waals surface area contributed by atoms with Crippen molar-refractivity contribution in [1.82, 2.24) is 15.0 Å². The second kappa shape index (κ2) is 10.8. The molecule has 0 saturated carbocycles. The Balaban J connectivity index is 1.52. The molecule has 0 saturated heterocycles. The molecule has 2 N–H and O–H groups in total. The minimum absolute atomic E-state index is 0.108. The number of fused-ring (bicyclic) bond motifs is 2. The van der Waals surface area contributed by atoms with Gasteiger partial charge >= 0.3 is 0 Å². The number of carbonyl (C=O) groups is 1. The van der Waals surface area contributed by atoms with Crippen LogP contribution < -0.4 is 14.8 Å². The number of amides is 1. The first-order valence-corrected chi connectivity index (χ1v) is 12.8. The molecule has 0 bridgehead atoms. The van der Waals surface area contributed by atoms with E-state index in [1.165, 1.54) is 11.8 Å². The number of para-hydroxylation sites is 1. The Labute approximate surface area is 223 Å². The fourth-order valence-corrected chi connectivity index (χ4v) is 5.08. The third-order valence-corrected chi connectivity index (χ3v) is 7.11. The van der Waals surface area contributed by atoms with Crippen LogP contribution >= 0.6 is 23.4 Å². The smallest absolute Gasteiger partial charge is 0.234 e. The van der Waals surface area contributed by atoms with Gasteiger partial charge in [0.25, 0.3) is 0 Å². The van der Waals surface area contributed by atoms with Crippen LogP contribution in [-0.2, 0) is 17.8 Å². The van der Waals surface area contributed by atoms with E-state index in [1.807, 2.05) is 31.2 Å². The van der Waals surface area contributed by atoms with Gasteiger partial charge < -0.3 is 19.9 Å². The summed E-state index contributed by atoms with van der Waals surface area (Å²) >= 11 is 7.32. The SMILES string of the molecule is COc1ccccc1-c1nc2c(c(SCC(=O)Nc3cccc(Cl)c3)n1)Cc1c(CO)cnc(C)c1O2. The van der Waals surface area contributed by atoms with Crippen LogP contribution in [0.1, 0.15) is 22.4 Å². The standard InChI is InChI=1S/C27H23ClN4O4S/c1-15-24-20(16(13-33)12-29-15)11-21-26(36-24)31-25(19-8-3-4-9-22(19)35-2)32-27(21)37-14-23(34)30-18-7-5-6-17(28)10-18/h3-10,12,33H,11,13-14H2,1-2H3,(H,30,34). The number of pyridine rings is 1. The van der Waals surface area contributed by atoms with E-state index in [2.05, 4.69) is 10.3 Å². The van der Waals surface area contributed by atoms with Crippen LogP contribution in [0.5, 0.6) is 17.4 Å². The number of ether oxygens (including phenoxy) is 2. The van der Waals surface area contributed by atoms with Crippen molar-refractivity contribution in [3.8, 4) is 28.8 Å². The van der Waals surface area contributed by atoms with E-state index in [4.69, 9.17) is 31.0 Å². The monoisotopic (exact) mass is 534 g/mol. The van der Waals surface area contributed by atoms with Crippen LogP contribution in [0, 0.1) is 6.92 Å². The number of nitrogens with zero attached hydrogens (tertiary/aromatic N) is 3. The molecule has 0 unspecified atom stereocenters. The first kappa shape index (κ1) is 25.0. The maximum absolute atomic E-state index is 12.8. The first-order valence-electron chi connectivity index (χ1n) is 11.5. The number of aliphatic hydroxyl groups is 1. The van der Waals surface area contributed by atoms with Crippen LogP contribution in [-0.4, -0.2) is 38.8 Å². The molecule has 0 radical (unpaired) electrons. The molecule has 2 aromatic heterocycles. The highest BCUT2D eigenvalue weighted by Gasteiger charge is 2.28. The van der Waals surface area contributed by atoms with Gasteiger partial charge in [-0.1, -0.05) is 41.6 Å². The van der Waals surface area contributed by atoms with Gasteiger partial charge in [-0.05, 0) is 37.3 Å². The molecule has 1 amide bonds. The topological polar surface area (TPSA) is 106 Å². The number of thioether (sulfide) groups is 1. The largest absolute Gasteiger partial charge is 0.496 e. The summed E-state index contributed by atoms with van der Waals surface area (Å²) in [6, 6.07) is 14.4. The molecule has 188 valence electrons. The number of aromatic nitrogens is 3. The van der Waals surface area contributed by atoms with Crippen LogP contribution in [0.25, 0.3) is 11.4 Å². The first-order chi connectivity index (χ1) is 18.0. The molecule has 4 aromatic rings. The fraction of sp³-hybridized carbons (Fsp3) is 0.185. The lowest BCUT2D eigenvalue weighted by Gasteiger charge is -2.24. The van der Waals surface area contributed by atoms with Gasteiger partial charge in [0.15, 0.2) is 11.6 Å². The highest BCUT2D eigenvalue weighted by atomic mass is 35.5. The zero-order valence-corrected chi connectivity index (χ0v) is 21.7. The number of anilines is 1. The quantitative estimate of drug-likeness (QED) is 0.210. The van der Waals surface area contributed by atoms with Crippen molar-refractivity contribution in [2.75, 3.05) is 18.2 Å². The molecular formula is C27H23ClN4O4S. The highest BCUT2D eigenvalue weighted by Crippen LogP contribution is 2.43. The Morgan fingerprint density at radius 3 is 2.81 bits per heavy atom. The van der Waals surface area contributed by atoms with Crippen LogP contribution in [0.15, 0.2) is 59.8 Å². The number of halogens is 1. The van der Waals surface area contributed by atoms with Gasteiger partial charge in [0.2, 0.25) is 11.8 Å². The van der Waals surface area contributed by atoms with E-state index < -0.39 is 0 Å². The molecule has 0 fully saturated rings. The molecule has 1 aliphatic rings. The molecular weight excluding hydrogens is 512 g/mol. The van der Waals surface area contributed by atoms with Gasteiger partial charge in [-0.2, -0.15) is 4.98 Å². The van der Waals surface area contributed by atoms with E-state index in [-0.39, 0.29) is 18.3 Å². The lowest BCUT2D eigenvalue weighted by atomic mass is 9.99. The van der Waals surface area contributed by atoms with Crippen molar-refractivity contribution in [2.24, 2.45) is 0 Å². The van der Waals surface area contributed by atoms with Crippen molar-refractivity contribution < 1.29 is 19.4 Å². The summed E-state index contributed by atoms with van der Waals surface area (Å²) in [6.45, 7) is 1.68. The van der Waals surface area contributed by atoms with E-state index in [0.717, 1.165) is 11.1 Å². The number of rotatable bonds is 7. The summed E-state index contributed by atoms with van der Waals surface area (Å²) in [6.07, 6.45) is 2.09. The van der Waals surface area contributed by atoms with Gasteiger partial charge in [0.1, 0.15) is 10.8 Å². The Bertz CT molecular complexity index is 1500. The molecule has 10 heteroatoms. The lowest BCUT2D eigenvalue weighted by Crippen LogP contribution is -2.16. The molecule has 5 rings (SSSR count). The Hall–Kier alpha value is -3.66. The van der Waals surface area contributed by atoms with Gasteiger partial charge in [-0.15, -0.1) is 0 Å². The van der Waals surface area contributed by atoms with Crippen molar-refractivity contribution in [3.63, 3.8) is 0 Å². The average Bonchev–Trinajstić information content (AvgIpc) is 2.91. The predicted molar refractivity (Wildman–Crippen MR) is 143 cm³/mol. The summed E-state index contributed by atoms with van der Waals surface area (Å²) in [7, 11) is 1.59. The van der Waals surface area contributed by atoms with Crippen LogP contribution in [0.4, 0.5) is 5.69 Å². The van der Waals surface area contributed by atoms with Crippen molar-refractivity contribution >= 4 is 35.0 Å². The Kier molecular flexibility index (Phi) is 7.27. The molecule has 8 nitrogen and oxygen atoms in total. The van der Waals surface area contributed by atoms with Crippen molar-refractivity contribution in [2.45, 2.75) is 25.0 Å². The van der Waals surface area contributed by atoms with E-state index >= 15 is 0 Å². The average molecular weight is 535 g/mol. The van der Waals surface area contributed by atoms with Gasteiger partial charge in [-0.3, -0.25) is 9.78 Å². The lowest BCUT2D eigenvalue weighted by molar-refractivity contribution is -0.113. The Morgan fingerprint density at radius 1 is 1.19 bits per heavy atom. The zero-order chi connectivity index (χ0) is 25.9. The molecule has 1 aliphatic heterocycles. The van der Waals surface area contributed by atoms with Crippen LogP contribution in [0.3, 0.4) is 0 Å². The summed E-state index contributed by atoms with van der Waals surface area (Å²) in [5.74, 6) is 1.91. The molecule has 2 aromatic carbocycles. The number of carbonyl (C=O) groups excluding carboxylic acids is 1. The van der Waals surface area contributed by atoms with Crippen molar-refractivity contribution in [3.05, 3.63) is 82.1 Å². The minimum atomic E-state index is -0.202. The van der Waals surface area contributed by atoms with E-state index in [1.54, 1.807) is 37.6 Å². The third kappa shape index (κ3) is 5.24. The molecule has 3 heterocycles. The number of aryl methyl sites for hydroxylation is 1. The van der Waals surface area contributed by atoms with Gasteiger partial charge in [0.05, 0.1) is 36.3 Å². The van der Waals surface area contributed by atoms with E-state index in [0.29, 0.717) is 62.2 Å². The fourth-order valence-electron chi connectivity index (χ4n) is 4.06. The maximum Gasteiger partial charge on any atom is 0.234 e. The molecule has 0 spiro atoms. The third-order valence-electron chi connectivity index (χ3n) is 5.85. The normalized spacial score (nSPS) is 11.8. The summed E-state index contributed by atoms with van der Waals surface area (Å²) in [5.41, 5.74) is 4.27. The second-order valence-electron chi connectivity index (χ2n) is 8.30. The zero-order valence-electron chi connectivity index (χ0n) is 20.1. The minimum Gasteiger partial charge on any atom is -0.496 e. The number of aliphatic hydroxyl groups excluding tert-OH is 1. The van der Waals surface area contributed by atoms with Crippen LogP contribution in [0.2, 0.25) is 5.02 Å². The summed E-state index contributed by atoms with van der Waals surface area (Å²) in [5, 5.41) is 13.9. The Morgan fingerprint density at radius 2 is 2.03 bits per heavy atom. The predicted octanol–water partition coefficient (Wildman–Crippen LogP) is 5.43. The number of hydrogen-bond donors (Lipinski definition) is 2. The van der Waals surface area contributed by atoms with Gasteiger partial charge in [-0.25, -0.2) is 4.98 Å². The molecule has 0 atom stereocenters. The number of methoxy groups -OCH3 is 1. The number of benzene rings is 2. The maximum atomic E-state index is 12.8. The summed E-state index contributed by atoms with van der Waals surface area (Å²) in [4.78, 5) is 26.7.